The Kier molecular flexibility index (Phi) is 11.2. The predicted octanol–water partition coefficient (Wildman–Crippen LogP) is 6.68. The Morgan fingerprint density at radius 1 is 0.750 bits per heavy atom. The molecule has 2 saturated heterocycles. The molecule has 1 N–H and O–H groups in total. The monoisotopic (exact) mass is 617 g/mol. The van der Waals surface area contributed by atoms with Crippen LogP contribution >= 0.6 is 12.4 Å². The minimum absolute atomic E-state index is 0. The molecule has 3 heterocycles. The second kappa shape index (κ2) is 15.4. The first-order valence-corrected chi connectivity index (χ1v) is 15.6. The van der Waals surface area contributed by atoms with Crippen molar-refractivity contribution in [3.8, 4) is 28.5 Å². The van der Waals surface area contributed by atoms with E-state index in [1.54, 1.807) is 14.2 Å². The van der Waals surface area contributed by atoms with Crippen molar-refractivity contribution in [2.24, 2.45) is 0 Å². The molecule has 0 aliphatic carbocycles. The Hall–Kier alpha value is -3.59. The number of benzene rings is 3. The van der Waals surface area contributed by atoms with Gasteiger partial charge in [-0.05, 0) is 105 Å². The van der Waals surface area contributed by atoms with E-state index < -0.39 is 0 Å². The molecule has 234 valence electrons. The SMILES string of the molecule is COc1ccc(-c2nnc(NC3CCN(Cc4ccc(OCCCN5CCCC5)cc4)CC3)c3cc(OC)ccc23)cc1.Cl. The lowest BCUT2D eigenvalue weighted by atomic mass is 10.0. The number of anilines is 1. The van der Waals surface area contributed by atoms with Crippen molar-refractivity contribution >= 4 is 29.0 Å². The van der Waals surface area contributed by atoms with Crippen LogP contribution in [0.2, 0.25) is 0 Å². The first kappa shape index (κ1) is 31.8. The van der Waals surface area contributed by atoms with Crippen molar-refractivity contribution in [3.05, 3.63) is 72.3 Å². The molecule has 0 bridgehead atoms. The summed E-state index contributed by atoms with van der Waals surface area (Å²) in [4.78, 5) is 5.07. The van der Waals surface area contributed by atoms with E-state index in [0.29, 0.717) is 6.04 Å². The predicted molar refractivity (Wildman–Crippen MR) is 179 cm³/mol. The number of fused-ring (bicyclic) bond motifs is 1. The number of halogens is 1. The van der Waals surface area contributed by atoms with E-state index in [4.69, 9.17) is 14.2 Å². The minimum atomic E-state index is 0. The number of hydrogen-bond donors (Lipinski definition) is 1. The molecule has 0 amide bonds. The third kappa shape index (κ3) is 7.92. The van der Waals surface area contributed by atoms with Crippen LogP contribution in [0.25, 0.3) is 22.0 Å². The Balaban J connectivity index is 0.00000384. The summed E-state index contributed by atoms with van der Waals surface area (Å²) in [6.07, 6.45) is 5.87. The number of nitrogens with zero attached hydrogens (tertiary/aromatic N) is 4. The molecule has 3 aromatic carbocycles. The van der Waals surface area contributed by atoms with E-state index in [-0.39, 0.29) is 12.4 Å². The molecule has 0 unspecified atom stereocenters. The Morgan fingerprint density at radius 3 is 2.14 bits per heavy atom. The lowest BCUT2D eigenvalue weighted by Gasteiger charge is -2.32. The number of aromatic nitrogens is 2. The summed E-state index contributed by atoms with van der Waals surface area (Å²) in [7, 11) is 3.37. The molecule has 9 heteroatoms. The molecule has 4 aromatic rings. The number of rotatable bonds is 12. The van der Waals surface area contributed by atoms with Gasteiger partial charge in [0, 0.05) is 48.6 Å². The van der Waals surface area contributed by atoms with E-state index in [1.165, 1.54) is 31.5 Å². The summed E-state index contributed by atoms with van der Waals surface area (Å²) >= 11 is 0. The maximum atomic E-state index is 6.00. The van der Waals surface area contributed by atoms with E-state index >= 15 is 0 Å². The average molecular weight is 618 g/mol. The van der Waals surface area contributed by atoms with Gasteiger partial charge < -0.3 is 24.4 Å². The van der Waals surface area contributed by atoms with Crippen LogP contribution in [0, 0.1) is 0 Å². The molecule has 2 fully saturated rings. The first-order valence-electron chi connectivity index (χ1n) is 15.6. The maximum Gasteiger partial charge on any atom is 0.156 e. The third-order valence-corrected chi connectivity index (χ3v) is 8.69. The van der Waals surface area contributed by atoms with Crippen molar-refractivity contribution < 1.29 is 14.2 Å². The summed E-state index contributed by atoms with van der Waals surface area (Å²) in [5.41, 5.74) is 3.17. The first-order chi connectivity index (χ1) is 21.2. The molecule has 44 heavy (non-hydrogen) atoms. The standard InChI is InChI=1S/C35H43N5O3.ClH/c1-41-29-12-8-27(9-13-29)34-32-15-14-31(42-2)24-33(32)35(38-37-34)36-28-16-21-40(22-17-28)25-26-6-10-30(11-7-26)43-23-5-20-39-18-3-4-19-39;/h6-15,24,28H,3-5,16-23,25H2,1-2H3,(H,36,38);1H. The molecular weight excluding hydrogens is 574 g/mol. The zero-order valence-corrected chi connectivity index (χ0v) is 26.7. The van der Waals surface area contributed by atoms with Crippen LogP contribution in [0.1, 0.15) is 37.7 Å². The van der Waals surface area contributed by atoms with Crippen LogP contribution in [0.15, 0.2) is 66.7 Å². The van der Waals surface area contributed by atoms with Crippen molar-refractivity contribution in [1.82, 2.24) is 20.0 Å². The molecule has 2 aliphatic heterocycles. The Morgan fingerprint density at radius 2 is 1.43 bits per heavy atom. The van der Waals surface area contributed by atoms with Gasteiger partial charge in [-0.3, -0.25) is 4.90 Å². The molecule has 0 atom stereocenters. The molecule has 0 saturated carbocycles. The van der Waals surface area contributed by atoms with Gasteiger partial charge in [0.1, 0.15) is 22.9 Å². The van der Waals surface area contributed by atoms with Crippen molar-refractivity contribution in [2.75, 3.05) is 58.9 Å². The molecular formula is C35H44ClN5O3. The number of likely N-dealkylation sites (tertiary alicyclic amines) is 2. The third-order valence-electron chi connectivity index (χ3n) is 8.69. The van der Waals surface area contributed by atoms with Crippen LogP contribution in [-0.4, -0.2) is 79.6 Å². The van der Waals surface area contributed by atoms with Gasteiger partial charge in [-0.1, -0.05) is 12.1 Å². The van der Waals surface area contributed by atoms with E-state index in [9.17, 15) is 0 Å². The van der Waals surface area contributed by atoms with Gasteiger partial charge in [0.05, 0.1) is 20.8 Å². The van der Waals surface area contributed by atoms with Gasteiger partial charge in [0.15, 0.2) is 5.82 Å². The average Bonchev–Trinajstić information content (AvgIpc) is 3.58. The highest BCUT2D eigenvalue weighted by Gasteiger charge is 2.21. The fourth-order valence-corrected chi connectivity index (χ4v) is 6.19. The van der Waals surface area contributed by atoms with Crippen LogP contribution < -0.4 is 19.5 Å². The van der Waals surface area contributed by atoms with E-state index in [2.05, 4.69) is 61.7 Å². The summed E-state index contributed by atoms with van der Waals surface area (Å²) in [5.74, 6) is 3.39. The van der Waals surface area contributed by atoms with Gasteiger partial charge in [-0.2, -0.15) is 0 Å². The normalized spacial score (nSPS) is 16.0. The smallest absolute Gasteiger partial charge is 0.156 e. The van der Waals surface area contributed by atoms with Crippen molar-refractivity contribution in [3.63, 3.8) is 0 Å². The molecule has 0 radical (unpaired) electrons. The lowest BCUT2D eigenvalue weighted by molar-refractivity contribution is 0.211. The van der Waals surface area contributed by atoms with Gasteiger partial charge in [-0.25, -0.2) is 0 Å². The molecule has 8 nitrogen and oxygen atoms in total. The lowest BCUT2D eigenvalue weighted by Crippen LogP contribution is -2.38. The topological polar surface area (TPSA) is 72.0 Å². The van der Waals surface area contributed by atoms with E-state index in [1.807, 2.05) is 30.3 Å². The van der Waals surface area contributed by atoms with Gasteiger partial charge in [0.25, 0.3) is 0 Å². The van der Waals surface area contributed by atoms with Crippen molar-refractivity contribution in [2.45, 2.75) is 44.7 Å². The molecule has 2 aliphatic rings. The molecule has 0 spiro atoms. The number of ether oxygens (including phenoxy) is 3. The molecule has 6 rings (SSSR count). The van der Waals surface area contributed by atoms with Gasteiger partial charge >= 0.3 is 0 Å². The number of methoxy groups -OCH3 is 2. The second-order valence-corrected chi connectivity index (χ2v) is 11.6. The quantitative estimate of drug-likeness (QED) is 0.177. The Bertz CT molecular complexity index is 1470. The summed E-state index contributed by atoms with van der Waals surface area (Å²) in [6.45, 7) is 7.46. The largest absolute Gasteiger partial charge is 0.497 e. The second-order valence-electron chi connectivity index (χ2n) is 11.6. The zero-order chi connectivity index (χ0) is 29.4. The van der Waals surface area contributed by atoms with Crippen molar-refractivity contribution in [1.29, 1.82) is 0 Å². The van der Waals surface area contributed by atoms with Crippen LogP contribution in [0.5, 0.6) is 17.2 Å². The van der Waals surface area contributed by atoms with E-state index in [0.717, 1.165) is 97.1 Å². The maximum absolute atomic E-state index is 6.00. The molecule has 1 aromatic heterocycles. The van der Waals surface area contributed by atoms with Crippen LogP contribution in [0.3, 0.4) is 0 Å². The number of nitrogens with one attached hydrogen (secondary N) is 1. The number of hydrogen-bond acceptors (Lipinski definition) is 8. The minimum Gasteiger partial charge on any atom is -0.497 e. The number of piperidine rings is 1. The highest BCUT2D eigenvalue weighted by molar-refractivity contribution is 6.00. The van der Waals surface area contributed by atoms with Gasteiger partial charge in [0.2, 0.25) is 0 Å². The van der Waals surface area contributed by atoms with Crippen LogP contribution in [0.4, 0.5) is 5.82 Å². The summed E-state index contributed by atoms with van der Waals surface area (Å²) in [5, 5.41) is 15.1. The highest BCUT2D eigenvalue weighted by Crippen LogP contribution is 2.34. The van der Waals surface area contributed by atoms with Crippen LogP contribution in [-0.2, 0) is 6.54 Å². The fraction of sp³-hybridized carbons (Fsp3) is 0.429. The fourth-order valence-electron chi connectivity index (χ4n) is 6.19. The van der Waals surface area contributed by atoms with Gasteiger partial charge in [-0.15, -0.1) is 22.6 Å². The highest BCUT2D eigenvalue weighted by atomic mass is 35.5. The summed E-state index contributed by atoms with van der Waals surface area (Å²) in [6, 6.07) is 23.0. The summed E-state index contributed by atoms with van der Waals surface area (Å²) < 4.78 is 16.9. The zero-order valence-electron chi connectivity index (χ0n) is 25.8. The Labute approximate surface area is 267 Å².